The third-order valence-corrected chi connectivity index (χ3v) is 3.25. The molecule has 1 aromatic rings. The Kier molecular flexibility index (Phi) is 4.64. The number of carbonyl (C=O) groups excluding carboxylic acids is 1. The molecule has 1 aliphatic rings. The minimum Gasteiger partial charge on any atom is -0.497 e. The van der Waals surface area contributed by atoms with Gasteiger partial charge in [0.2, 0.25) is 0 Å². The first-order valence-electron chi connectivity index (χ1n) is 6.46. The number of carboxylic acid groups (broad SMARTS) is 1. The van der Waals surface area contributed by atoms with Crippen molar-refractivity contribution in [1.82, 2.24) is 0 Å². The normalized spacial score (nSPS) is 20.9. The van der Waals surface area contributed by atoms with Gasteiger partial charge in [-0.1, -0.05) is 0 Å². The molecule has 0 aromatic heterocycles. The van der Waals surface area contributed by atoms with Gasteiger partial charge in [-0.15, -0.1) is 0 Å². The fourth-order valence-corrected chi connectivity index (χ4v) is 2.13. The van der Waals surface area contributed by atoms with Crippen LogP contribution >= 0.6 is 0 Å². The summed E-state index contributed by atoms with van der Waals surface area (Å²) in [5, 5.41) is 11.5. The Morgan fingerprint density at radius 3 is 2.52 bits per heavy atom. The Hall–Kier alpha value is -2.28. The summed E-state index contributed by atoms with van der Waals surface area (Å²) >= 11 is 0. The van der Waals surface area contributed by atoms with E-state index in [0.29, 0.717) is 30.0 Å². The second-order valence-corrected chi connectivity index (χ2v) is 4.58. The van der Waals surface area contributed by atoms with Crippen LogP contribution in [0.25, 0.3) is 0 Å². The van der Waals surface area contributed by atoms with Crippen molar-refractivity contribution in [2.24, 2.45) is 0 Å². The quantitative estimate of drug-likeness (QED) is 0.849. The fourth-order valence-electron chi connectivity index (χ4n) is 2.13. The second kappa shape index (κ2) is 6.45. The van der Waals surface area contributed by atoms with E-state index in [9.17, 15) is 9.59 Å². The predicted octanol–water partition coefficient (Wildman–Crippen LogP) is 1.27. The van der Waals surface area contributed by atoms with Gasteiger partial charge in [-0.3, -0.25) is 4.79 Å². The molecule has 2 N–H and O–H groups in total. The molecular weight excluding hydrogens is 278 g/mol. The van der Waals surface area contributed by atoms with Crippen molar-refractivity contribution in [2.45, 2.75) is 25.0 Å². The smallest absolute Gasteiger partial charge is 0.332 e. The van der Waals surface area contributed by atoms with Crippen molar-refractivity contribution in [3.63, 3.8) is 0 Å². The number of methoxy groups -OCH3 is 2. The van der Waals surface area contributed by atoms with Gasteiger partial charge in [-0.05, 0) is 25.0 Å². The van der Waals surface area contributed by atoms with E-state index in [1.54, 1.807) is 18.2 Å². The maximum absolute atomic E-state index is 12.1. The molecule has 1 saturated heterocycles. The monoisotopic (exact) mass is 295 g/mol. The van der Waals surface area contributed by atoms with Gasteiger partial charge in [0.1, 0.15) is 17.6 Å². The molecule has 0 aliphatic carbocycles. The number of aliphatic carboxylic acids is 1. The van der Waals surface area contributed by atoms with Crippen LogP contribution in [0.5, 0.6) is 11.5 Å². The molecule has 1 heterocycles. The minimum atomic E-state index is -1.05. The van der Waals surface area contributed by atoms with Crippen LogP contribution in [-0.4, -0.2) is 43.4 Å². The third kappa shape index (κ3) is 3.43. The Labute approximate surface area is 121 Å². The highest BCUT2D eigenvalue weighted by Crippen LogP contribution is 2.30. The second-order valence-electron chi connectivity index (χ2n) is 4.58. The lowest BCUT2D eigenvalue weighted by Gasteiger charge is -2.14. The van der Waals surface area contributed by atoms with E-state index in [-0.39, 0.29) is 5.91 Å². The van der Waals surface area contributed by atoms with Gasteiger partial charge in [-0.2, -0.15) is 0 Å². The van der Waals surface area contributed by atoms with Crippen molar-refractivity contribution >= 4 is 17.6 Å². The lowest BCUT2D eigenvalue weighted by atomic mass is 10.2. The maximum Gasteiger partial charge on any atom is 0.332 e. The first kappa shape index (κ1) is 15.1. The molecule has 0 radical (unpaired) electrons. The lowest BCUT2D eigenvalue weighted by Crippen LogP contribution is -2.30. The van der Waals surface area contributed by atoms with Crippen LogP contribution in [0.4, 0.5) is 5.69 Å². The lowest BCUT2D eigenvalue weighted by molar-refractivity contribution is -0.150. The number of hydrogen-bond acceptors (Lipinski definition) is 5. The average molecular weight is 295 g/mol. The van der Waals surface area contributed by atoms with Crippen LogP contribution in [0.1, 0.15) is 12.8 Å². The third-order valence-electron chi connectivity index (χ3n) is 3.25. The van der Waals surface area contributed by atoms with E-state index in [2.05, 4.69) is 5.32 Å². The Morgan fingerprint density at radius 1 is 1.24 bits per heavy atom. The summed E-state index contributed by atoms with van der Waals surface area (Å²) in [6.07, 6.45) is -0.981. The largest absolute Gasteiger partial charge is 0.497 e. The number of benzene rings is 1. The zero-order valence-corrected chi connectivity index (χ0v) is 11.8. The molecule has 0 spiro atoms. The van der Waals surface area contributed by atoms with Crippen molar-refractivity contribution in [3.8, 4) is 11.5 Å². The van der Waals surface area contributed by atoms with E-state index >= 15 is 0 Å². The first-order chi connectivity index (χ1) is 10.0. The molecule has 1 fully saturated rings. The molecule has 0 unspecified atom stereocenters. The van der Waals surface area contributed by atoms with Gasteiger partial charge in [0.25, 0.3) is 5.91 Å². The minimum absolute atomic E-state index is 0.327. The molecular formula is C14H17NO6. The topological polar surface area (TPSA) is 94.1 Å². The molecule has 1 aromatic carbocycles. The van der Waals surface area contributed by atoms with Crippen LogP contribution < -0.4 is 14.8 Å². The standard InChI is InChI=1S/C14H17NO6/c1-19-8-3-4-9(12(7-8)20-2)15-13(16)10-5-6-11(21-10)14(17)18/h3-4,7,10-11H,5-6H2,1-2H3,(H,15,16)(H,17,18)/t10-,11+/m0/s1. The highest BCUT2D eigenvalue weighted by molar-refractivity contribution is 5.96. The Bertz CT molecular complexity index is 544. The van der Waals surface area contributed by atoms with Crippen molar-refractivity contribution in [2.75, 3.05) is 19.5 Å². The molecule has 114 valence electrons. The Balaban J connectivity index is 2.05. The van der Waals surface area contributed by atoms with Crippen molar-refractivity contribution in [3.05, 3.63) is 18.2 Å². The number of ether oxygens (including phenoxy) is 3. The van der Waals surface area contributed by atoms with Gasteiger partial charge in [0.05, 0.1) is 19.9 Å². The molecule has 2 atom stereocenters. The van der Waals surface area contributed by atoms with Crippen LogP contribution in [-0.2, 0) is 14.3 Å². The van der Waals surface area contributed by atoms with Crippen molar-refractivity contribution in [1.29, 1.82) is 0 Å². The molecule has 1 aliphatic heterocycles. The molecule has 21 heavy (non-hydrogen) atoms. The van der Waals surface area contributed by atoms with Gasteiger partial charge >= 0.3 is 5.97 Å². The highest BCUT2D eigenvalue weighted by Gasteiger charge is 2.34. The van der Waals surface area contributed by atoms with E-state index in [1.165, 1.54) is 14.2 Å². The van der Waals surface area contributed by atoms with Crippen LogP contribution in [0.3, 0.4) is 0 Å². The van der Waals surface area contributed by atoms with Crippen LogP contribution in [0, 0.1) is 0 Å². The van der Waals surface area contributed by atoms with E-state index in [0.717, 1.165) is 0 Å². The zero-order valence-electron chi connectivity index (χ0n) is 11.8. The molecule has 7 nitrogen and oxygen atoms in total. The number of anilines is 1. The number of carbonyl (C=O) groups is 2. The maximum atomic E-state index is 12.1. The number of carboxylic acids is 1. The highest BCUT2D eigenvalue weighted by atomic mass is 16.5. The number of hydrogen-bond donors (Lipinski definition) is 2. The van der Waals surface area contributed by atoms with E-state index in [4.69, 9.17) is 19.3 Å². The number of amides is 1. The van der Waals surface area contributed by atoms with Gasteiger partial charge in [0.15, 0.2) is 6.10 Å². The molecule has 0 bridgehead atoms. The van der Waals surface area contributed by atoms with Crippen molar-refractivity contribution < 1.29 is 28.9 Å². The molecule has 0 saturated carbocycles. The first-order valence-corrected chi connectivity index (χ1v) is 6.46. The molecule has 7 heteroatoms. The summed E-state index contributed by atoms with van der Waals surface area (Å²) in [6, 6.07) is 4.98. The summed E-state index contributed by atoms with van der Waals surface area (Å²) in [4.78, 5) is 22.9. The SMILES string of the molecule is COc1ccc(NC(=O)[C@@H]2CC[C@H](C(=O)O)O2)c(OC)c1. The zero-order chi connectivity index (χ0) is 15.4. The molecule has 2 rings (SSSR count). The summed E-state index contributed by atoms with van der Waals surface area (Å²) < 4.78 is 15.5. The van der Waals surface area contributed by atoms with E-state index in [1.807, 2.05) is 0 Å². The summed E-state index contributed by atoms with van der Waals surface area (Å²) in [5.41, 5.74) is 0.477. The van der Waals surface area contributed by atoms with Gasteiger partial charge in [-0.25, -0.2) is 4.79 Å². The summed E-state index contributed by atoms with van der Waals surface area (Å²) in [7, 11) is 3.02. The van der Waals surface area contributed by atoms with Gasteiger partial charge < -0.3 is 24.6 Å². The molecule has 1 amide bonds. The summed E-state index contributed by atoms with van der Waals surface area (Å²) in [5.74, 6) is -0.377. The van der Waals surface area contributed by atoms with Crippen LogP contribution in [0.2, 0.25) is 0 Å². The summed E-state index contributed by atoms with van der Waals surface area (Å²) in [6.45, 7) is 0. The fraction of sp³-hybridized carbons (Fsp3) is 0.429. The van der Waals surface area contributed by atoms with E-state index < -0.39 is 18.2 Å². The number of nitrogens with one attached hydrogen (secondary N) is 1. The average Bonchev–Trinajstić information content (AvgIpc) is 2.97. The van der Waals surface area contributed by atoms with Crippen LogP contribution in [0.15, 0.2) is 18.2 Å². The Morgan fingerprint density at radius 2 is 1.95 bits per heavy atom. The predicted molar refractivity (Wildman–Crippen MR) is 73.7 cm³/mol. The number of rotatable bonds is 5. The van der Waals surface area contributed by atoms with Gasteiger partial charge in [0, 0.05) is 6.07 Å².